The zero-order valence-electron chi connectivity index (χ0n) is 12.3. The van der Waals surface area contributed by atoms with Gasteiger partial charge >= 0.3 is 0 Å². The molecule has 0 amide bonds. The number of aromatic nitrogens is 4. The van der Waals surface area contributed by atoms with Gasteiger partial charge in [0.05, 0.1) is 17.1 Å². The number of aryl methyl sites for hydroxylation is 1. The molecule has 4 rings (SSSR count). The van der Waals surface area contributed by atoms with Gasteiger partial charge in [-0.15, -0.1) is 5.10 Å². The minimum Gasteiger partial charge on any atom is -0.322 e. The molecule has 3 aromatic heterocycles. The largest absolute Gasteiger partial charge is 0.322 e. The van der Waals surface area contributed by atoms with Crippen LogP contribution in [0.3, 0.4) is 0 Å². The third-order valence-corrected chi connectivity index (χ3v) is 4.69. The maximum absolute atomic E-state index is 4.62. The summed E-state index contributed by atoms with van der Waals surface area (Å²) < 4.78 is 0. The van der Waals surface area contributed by atoms with Crippen LogP contribution in [0.15, 0.2) is 39.7 Å². The number of H-pyrrole nitrogens is 1. The van der Waals surface area contributed by atoms with Gasteiger partial charge in [0.25, 0.3) is 0 Å². The topological polar surface area (TPSA) is 66.5 Å². The molecule has 7 heteroatoms. The van der Waals surface area contributed by atoms with Crippen molar-refractivity contribution in [1.82, 2.24) is 20.2 Å². The first-order valence-electron chi connectivity index (χ1n) is 7.01. The maximum atomic E-state index is 4.62. The van der Waals surface area contributed by atoms with Crippen LogP contribution in [0.4, 0.5) is 5.95 Å². The number of hydrogen-bond donors (Lipinski definition) is 2. The molecule has 2 N–H and O–H groups in total. The summed E-state index contributed by atoms with van der Waals surface area (Å²) in [4.78, 5) is 9.15. The van der Waals surface area contributed by atoms with Gasteiger partial charge in [0.15, 0.2) is 0 Å². The first-order valence-corrected chi connectivity index (χ1v) is 8.90. The van der Waals surface area contributed by atoms with Crippen molar-refractivity contribution in [2.24, 2.45) is 0 Å². The highest BCUT2D eigenvalue weighted by Gasteiger charge is 2.11. The fourth-order valence-corrected chi connectivity index (χ4v) is 3.56. The van der Waals surface area contributed by atoms with E-state index in [2.05, 4.69) is 53.8 Å². The van der Waals surface area contributed by atoms with Crippen LogP contribution in [0.5, 0.6) is 0 Å². The Bertz CT molecular complexity index is 906. The number of anilines is 1. The van der Waals surface area contributed by atoms with Crippen LogP contribution in [0.25, 0.3) is 23.0 Å². The number of rotatable bonds is 2. The lowest BCUT2D eigenvalue weighted by molar-refractivity contribution is 0.935. The molecule has 23 heavy (non-hydrogen) atoms. The highest BCUT2D eigenvalue weighted by Crippen LogP contribution is 2.26. The first-order chi connectivity index (χ1) is 11.3. The normalized spacial score (nSPS) is 12.3. The summed E-state index contributed by atoms with van der Waals surface area (Å²) in [6.45, 7) is 1.89. The van der Waals surface area contributed by atoms with Gasteiger partial charge in [-0.3, -0.25) is 5.10 Å². The zero-order chi connectivity index (χ0) is 15.6. The smallest absolute Gasteiger partial charge is 0.245 e. The van der Waals surface area contributed by atoms with Gasteiger partial charge in [-0.25, -0.2) is 9.97 Å². The van der Waals surface area contributed by atoms with Gasteiger partial charge in [-0.2, -0.15) is 22.7 Å². The van der Waals surface area contributed by atoms with Crippen molar-refractivity contribution in [3.05, 3.63) is 56.8 Å². The van der Waals surface area contributed by atoms with Crippen molar-refractivity contribution in [3.63, 3.8) is 0 Å². The van der Waals surface area contributed by atoms with Crippen molar-refractivity contribution in [3.8, 4) is 11.3 Å². The average Bonchev–Trinajstić information content (AvgIpc) is 3.24. The van der Waals surface area contributed by atoms with Gasteiger partial charge in [0.2, 0.25) is 5.95 Å². The van der Waals surface area contributed by atoms with E-state index >= 15 is 0 Å². The summed E-state index contributed by atoms with van der Waals surface area (Å²) in [6, 6.07) is 6.11. The van der Waals surface area contributed by atoms with E-state index in [4.69, 9.17) is 0 Å². The van der Waals surface area contributed by atoms with Crippen LogP contribution in [-0.2, 0) is 0 Å². The van der Waals surface area contributed by atoms with E-state index in [0.29, 0.717) is 5.95 Å². The molecule has 0 atom stereocenters. The van der Waals surface area contributed by atoms with Gasteiger partial charge in [-0.1, -0.05) is 0 Å². The van der Waals surface area contributed by atoms with Crippen LogP contribution in [0, 0.1) is 6.92 Å². The molecule has 114 valence electrons. The lowest BCUT2D eigenvalue weighted by Crippen LogP contribution is -2.06. The molecule has 0 radical (unpaired) electrons. The molecule has 3 aromatic rings. The maximum Gasteiger partial charge on any atom is 0.245 e. The van der Waals surface area contributed by atoms with E-state index in [1.807, 2.05) is 24.4 Å². The third-order valence-electron chi connectivity index (χ3n) is 3.32. The fraction of sp³-hybridized carbons (Fsp3) is 0.0625. The Labute approximate surface area is 141 Å². The highest BCUT2D eigenvalue weighted by molar-refractivity contribution is 7.08. The number of aromatic amines is 1. The Hall–Kier alpha value is -2.51. The van der Waals surface area contributed by atoms with Gasteiger partial charge < -0.3 is 5.32 Å². The van der Waals surface area contributed by atoms with Crippen molar-refractivity contribution in [2.45, 2.75) is 6.92 Å². The summed E-state index contributed by atoms with van der Waals surface area (Å²) in [5.41, 5.74) is 4.88. The van der Waals surface area contributed by atoms with Gasteiger partial charge in [-0.05, 0) is 42.0 Å². The van der Waals surface area contributed by atoms with Crippen LogP contribution in [-0.4, -0.2) is 20.2 Å². The van der Waals surface area contributed by atoms with E-state index in [1.54, 1.807) is 22.7 Å². The molecule has 1 aliphatic rings. The molecule has 0 aliphatic carbocycles. The van der Waals surface area contributed by atoms with Gasteiger partial charge in [0.1, 0.15) is 5.82 Å². The predicted octanol–water partition coefficient (Wildman–Crippen LogP) is 4.35. The van der Waals surface area contributed by atoms with E-state index in [-0.39, 0.29) is 0 Å². The Kier molecular flexibility index (Phi) is 3.64. The predicted molar refractivity (Wildman–Crippen MR) is 95.7 cm³/mol. The standard InChI is InChI=1S/C16H13N5S2/c1-10-17-14(11-2-4-22-8-11)6-13-7-15(12-3-5-23-9-12)19-16(18-13)21-20-10/h2-9H,1H3,(H,17,20)(H,18,19,21). The summed E-state index contributed by atoms with van der Waals surface area (Å²) in [5, 5.41) is 18.7. The molecule has 0 unspecified atom stereocenters. The Morgan fingerprint density at radius 3 is 2.52 bits per heavy atom. The molecule has 4 heterocycles. The van der Waals surface area contributed by atoms with E-state index in [1.165, 1.54) is 0 Å². The van der Waals surface area contributed by atoms with E-state index < -0.39 is 0 Å². The molecule has 0 spiro atoms. The lowest BCUT2D eigenvalue weighted by atomic mass is 10.1. The average molecular weight is 339 g/mol. The second-order valence-electron chi connectivity index (χ2n) is 5.02. The Morgan fingerprint density at radius 2 is 1.78 bits per heavy atom. The van der Waals surface area contributed by atoms with Gasteiger partial charge in [0, 0.05) is 21.9 Å². The molecule has 0 aromatic carbocycles. The van der Waals surface area contributed by atoms with Crippen molar-refractivity contribution >= 4 is 40.4 Å². The second-order valence-corrected chi connectivity index (χ2v) is 6.58. The molecular weight excluding hydrogens is 326 g/mol. The summed E-state index contributed by atoms with van der Waals surface area (Å²) in [6.07, 6.45) is 2.02. The van der Waals surface area contributed by atoms with Crippen LogP contribution in [0.1, 0.15) is 17.1 Å². The summed E-state index contributed by atoms with van der Waals surface area (Å²) >= 11 is 3.31. The summed E-state index contributed by atoms with van der Waals surface area (Å²) in [7, 11) is 0. The third kappa shape index (κ3) is 3.01. The van der Waals surface area contributed by atoms with Crippen LogP contribution >= 0.6 is 22.7 Å². The number of nitrogens with one attached hydrogen (secondary N) is 2. The number of nitrogens with zero attached hydrogens (tertiary/aromatic N) is 3. The molecule has 0 saturated heterocycles. The molecule has 0 saturated carbocycles. The molecular formula is C16H13N5S2. The van der Waals surface area contributed by atoms with Crippen molar-refractivity contribution < 1.29 is 0 Å². The fourth-order valence-electron chi connectivity index (χ4n) is 2.26. The minimum absolute atomic E-state index is 0.529. The summed E-state index contributed by atoms with van der Waals surface area (Å²) in [5.74, 6) is 1.25. The van der Waals surface area contributed by atoms with E-state index in [9.17, 15) is 0 Å². The molecule has 1 aliphatic heterocycles. The quantitative estimate of drug-likeness (QED) is 0.728. The number of fused-ring (bicyclic) bond motifs is 2. The minimum atomic E-state index is 0.529. The van der Waals surface area contributed by atoms with Crippen LogP contribution < -0.4 is 5.32 Å². The Balaban J connectivity index is 1.91. The van der Waals surface area contributed by atoms with Crippen molar-refractivity contribution in [2.75, 3.05) is 5.32 Å². The highest BCUT2D eigenvalue weighted by atomic mass is 32.1. The molecule has 5 nitrogen and oxygen atoms in total. The number of thiophene rings is 2. The number of hydrogen-bond acceptors (Lipinski definition) is 6. The van der Waals surface area contributed by atoms with E-state index in [0.717, 1.165) is 34.0 Å². The lowest BCUT2D eigenvalue weighted by Gasteiger charge is -2.11. The monoisotopic (exact) mass is 339 g/mol. The molecule has 2 bridgehead atoms. The first kappa shape index (κ1) is 14.1. The van der Waals surface area contributed by atoms with Crippen molar-refractivity contribution in [1.29, 1.82) is 0 Å². The Morgan fingerprint density at radius 1 is 1.00 bits per heavy atom. The van der Waals surface area contributed by atoms with Crippen LogP contribution in [0.2, 0.25) is 0 Å². The zero-order valence-corrected chi connectivity index (χ0v) is 13.9. The molecule has 0 fully saturated rings. The second kappa shape index (κ2) is 5.94. The SMILES string of the molecule is Cc1nc(-c2ccsc2)cc2nc(n[nH]1)NC(c1ccsc1)=C2.